The van der Waals surface area contributed by atoms with Crippen molar-refractivity contribution in [1.82, 2.24) is 10.2 Å². The maximum atomic E-state index is 12.2. The summed E-state index contributed by atoms with van der Waals surface area (Å²) in [7, 11) is 0. The summed E-state index contributed by atoms with van der Waals surface area (Å²) in [5, 5.41) is 11.6. The molecule has 2 N–H and O–H groups in total. The maximum Gasteiger partial charge on any atom is 0.306 e. The molecule has 6 heteroatoms. The lowest BCUT2D eigenvalue weighted by Crippen LogP contribution is -2.42. The summed E-state index contributed by atoms with van der Waals surface area (Å²) >= 11 is 0. The number of rotatable bonds is 6. The van der Waals surface area contributed by atoms with Crippen molar-refractivity contribution in [2.24, 2.45) is 11.8 Å². The lowest BCUT2D eigenvalue weighted by molar-refractivity contribution is -0.142. The van der Waals surface area contributed by atoms with Gasteiger partial charge in [-0.25, -0.2) is 0 Å². The predicted molar refractivity (Wildman–Crippen MR) is 69.4 cm³/mol. The number of carboxylic acids is 1. The molecule has 0 aromatic rings. The fourth-order valence-electron chi connectivity index (χ4n) is 2.46. The molecule has 0 radical (unpaired) electrons. The first-order chi connectivity index (χ1) is 8.99. The number of amides is 2. The van der Waals surface area contributed by atoms with Crippen LogP contribution in [0.4, 0.5) is 0 Å². The zero-order valence-electron chi connectivity index (χ0n) is 11.5. The highest BCUT2D eigenvalue weighted by molar-refractivity contribution is 5.86. The number of likely N-dealkylation sites (N-methyl/N-ethyl adjacent to an activating group) is 2. The molecule has 0 spiro atoms. The lowest BCUT2D eigenvalue weighted by Gasteiger charge is -2.23. The summed E-state index contributed by atoms with van der Waals surface area (Å²) in [5.41, 5.74) is 0. The van der Waals surface area contributed by atoms with Gasteiger partial charge in [-0.15, -0.1) is 0 Å². The topological polar surface area (TPSA) is 86.7 Å². The van der Waals surface area contributed by atoms with Gasteiger partial charge >= 0.3 is 5.97 Å². The Balaban J connectivity index is 2.55. The van der Waals surface area contributed by atoms with Crippen molar-refractivity contribution in [2.75, 3.05) is 19.6 Å². The average Bonchev–Trinajstić information content (AvgIpc) is 2.85. The minimum Gasteiger partial charge on any atom is -0.481 e. The number of nitrogens with one attached hydrogen (secondary N) is 1. The Kier molecular flexibility index (Phi) is 5.79. The van der Waals surface area contributed by atoms with Gasteiger partial charge < -0.3 is 15.3 Å². The van der Waals surface area contributed by atoms with Gasteiger partial charge in [0.2, 0.25) is 11.8 Å². The van der Waals surface area contributed by atoms with Gasteiger partial charge in [0.15, 0.2) is 0 Å². The summed E-state index contributed by atoms with van der Waals surface area (Å²) in [4.78, 5) is 36.1. The van der Waals surface area contributed by atoms with Crippen molar-refractivity contribution >= 4 is 17.8 Å². The quantitative estimate of drug-likeness (QED) is 0.734. The summed E-state index contributed by atoms with van der Waals surface area (Å²) < 4.78 is 0. The SMILES string of the molecule is CCNC(=O)CN(CC)C(=O)C1CCC(C(=O)O)C1. The van der Waals surface area contributed by atoms with Gasteiger partial charge in [0, 0.05) is 19.0 Å². The van der Waals surface area contributed by atoms with Crippen LogP contribution in [0.2, 0.25) is 0 Å². The Labute approximate surface area is 113 Å². The van der Waals surface area contributed by atoms with Gasteiger partial charge in [-0.05, 0) is 33.1 Å². The molecule has 19 heavy (non-hydrogen) atoms. The van der Waals surface area contributed by atoms with E-state index in [4.69, 9.17) is 5.11 Å². The average molecular weight is 270 g/mol. The van der Waals surface area contributed by atoms with Crippen molar-refractivity contribution in [3.8, 4) is 0 Å². The minimum atomic E-state index is -0.831. The number of aliphatic carboxylic acids is 1. The van der Waals surface area contributed by atoms with Crippen molar-refractivity contribution in [3.63, 3.8) is 0 Å². The third-order valence-corrected chi connectivity index (χ3v) is 3.53. The van der Waals surface area contributed by atoms with E-state index in [1.165, 1.54) is 4.90 Å². The molecule has 108 valence electrons. The van der Waals surface area contributed by atoms with Crippen LogP contribution < -0.4 is 5.32 Å². The summed E-state index contributed by atoms with van der Waals surface area (Å²) in [5.74, 6) is -1.78. The molecule has 0 saturated heterocycles. The minimum absolute atomic E-state index is 0.0530. The molecule has 0 heterocycles. The van der Waals surface area contributed by atoms with Crippen LogP contribution in [0.15, 0.2) is 0 Å². The second-order valence-electron chi connectivity index (χ2n) is 4.85. The first-order valence-electron chi connectivity index (χ1n) is 6.77. The van der Waals surface area contributed by atoms with E-state index in [1.54, 1.807) is 0 Å². The molecular weight excluding hydrogens is 248 g/mol. The van der Waals surface area contributed by atoms with Crippen LogP contribution in [-0.4, -0.2) is 47.4 Å². The number of carbonyl (C=O) groups excluding carboxylic acids is 2. The third kappa shape index (κ3) is 4.22. The van der Waals surface area contributed by atoms with E-state index in [2.05, 4.69) is 5.32 Å². The Morgan fingerprint density at radius 1 is 1.21 bits per heavy atom. The predicted octanol–water partition coefficient (Wildman–Crippen LogP) is 0.472. The zero-order chi connectivity index (χ0) is 14.4. The molecule has 2 amide bonds. The molecule has 2 atom stereocenters. The maximum absolute atomic E-state index is 12.2. The highest BCUT2D eigenvalue weighted by Crippen LogP contribution is 2.32. The van der Waals surface area contributed by atoms with Gasteiger partial charge in [0.05, 0.1) is 12.5 Å². The number of carbonyl (C=O) groups is 3. The largest absolute Gasteiger partial charge is 0.481 e. The summed E-state index contributed by atoms with van der Waals surface area (Å²) in [6, 6.07) is 0. The second kappa shape index (κ2) is 7.11. The van der Waals surface area contributed by atoms with Crippen LogP contribution in [0.3, 0.4) is 0 Å². The van der Waals surface area contributed by atoms with Crippen LogP contribution >= 0.6 is 0 Å². The molecule has 0 aromatic carbocycles. The van der Waals surface area contributed by atoms with Crippen LogP contribution in [0, 0.1) is 11.8 Å². The van der Waals surface area contributed by atoms with Gasteiger partial charge in [0.1, 0.15) is 0 Å². The molecule has 2 unspecified atom stereocenters. The van der Waals surface area contributed by atoms with Gasteiger partial charge in [0.25, 0.3) is 0 Å². The monoisotopic (exact) mass is 270 g/mol. The van der Waals surface area contributed by atoms with Crippen LogP contribution in [0.5, 0.6) is 0 Å². The molecule has 1 rings (SSSR count). The fraction of sp³-hybridized carbons (Fsp3) is 0.769. The van der Waals surface area contributed by atoms with Crippen LogP contribution in [0.1, 0.15) is 33.1 Å². The van der Waals surface area contributed by atoms with Gasteiger partial charge in [-0.1, -0.05) is 0 Å². The van der Waals surface area contributed by atoms with E-state index in [0.717, 1.165) is 0 Å². The fourth-order valence-corrected chi connectivity index (χ4v) is 2.46. The summed E-state index contributed by atoms with van der Waals surface area (Å²) in [6.45, 7) is 4.70. The Bertz CT molecular complexity index is 357. The van der Waals surface area contributed by atoms with Gasteiger partial charge in [-0.3, -0.25) is 14.4 Å². The number of hydrogen-bond acceptors (Lipinski definition) is 3. The number of carboxylic acid groups (broad SMARTS) is 1. The van der Waals surface area contributed by atoms with E-state index in [9.17, 15) is 14.4 Å². The highest BCUT2D eigenvalue weighted by atomic mass is 16.4. The first-order valence-corrected chi connectivity index (χ1v) is 6.77. The van der Waals surface area contributed by atoms with E-state index >= 15 is 0 Å². The molecular formula is C13H22N2O4. The third-order valence-electron chi connectivity index (χ3n) is 3.53. The molecule has 0 bridgehead atoms. The Morgan fingerprint density at radius 3 is 2.32 bits per heavy atom. The molecule has 1 aliphatic carbocycles. The van der Waals surface area contributed by atoms with E-state index < -0.39 is 11.9 Å². The molecule has 1 fully saturated rings. The zero-order valence-corrected chi connectivity index (χ0v) is 11.5. The van der Waals surface area contributed by atoms with Crippen molar-refractivity contribution < 1.29 is 19.5 Å². The smallest absolute Gasteiger partial charge is 0.306 e. The van der Waals surface area contributed by atoms with Crippen molar-refractivity contribution in [3.05, 3.63) is 0 Å². The molecule has 1 saturated carbocycles. The van der Waals surface area contributed by atoms with E-state index in [0.29, 0.717) is 32.4 Å². The van der Waals surface area contributed by atoms with E-state index in [-0.39, 0.29) is 24.3 Å². The lowest BCUT2D eigenvalue weighted by atomic mass is 10.0. The molecule has 0 aromatic heterocycles. The normalized spacial score (nSPS) is 22.0. The van der Waals surface area contributed by atoms with E-state index in [1.807, 2.05) is 13.8 Å². The first kappa shape index (κ1) is 15.5. The molecule has 1 aliphatic rings. The number of nitrogens with zero attached hydrogens (tertiary/aromatic N) is 1. The number of hydrogen-bond donors (Lipinski definition) is 2. The van der Waals surface area contributed by atoms with Gasteiger partial charge in [-0.2, -0.15) is 0 Å². The molecule has 0 aliphatic heterocycles. The van der Waals surface area contributed by atoms with Crippen molar-refractivity contribution in [1.29, 1.82) is 0 Å². The summed E-state index contributed by atoms with van der Waals surface area (Å²) in [6.07, 6.45) is 1.53. The van der Waals surface area contributed by atoms with Crippen LogP contribution in [-0.2, 0) is 14.4 Å². The molecule has 6 nitrogen and oxygen atoms in total. The van der Waals surface area contributed by atoms with Crippen LogP contribution in [0.25, 0.3) is 0 Å². The van der Waals surface area contributed by atoms with Crippen molar-refractivity contribution in [2.45, 2.75) is 33.1 Å². The standard InChI is InChI=1S/C13H22N2O4/c1-3-14-11(16)8-15(4-2)12(17)9-5-6-10(7-9)13(18)19/h9-10H,3-8H2,1-2H3,(H,14,16)(H,18,19). The Hall–Kier alpha value is -1.59. The second-order valence-corrected chi connectivity index (χ2v) is 4.85. The Morgan fingerprint density at radius 2 is 1.84 bits per heavy atom. The highest BCUT2D eigenvalue weighted by Gasteiger charge is 2.35.